The van der Waals surface area contributed by atoms with E-state index in [1.165, 1.54) is 36.0 Å². The summed E-state index contributed by atoms with van der Waals surface area (Å²) < 4.78 is 0. The topological polar surface area (TPSA) is 40.5 Å². The van der Waals surface area contributed by atoms with Crippen molar-refractivity contribution in [2.75, 3.05) is 0 Å². The van der Waals surface area contributed by atoms with E-state index in [1.807, 2.05) is 12.1 Å². The molecule has 3 aromatic rings. The molecule has 0 aliphatic heterocycles. The molecule has 0 radical (unpaired) electrons. The minimum absolute atomic E-state index is 0.298. The highest BCUT2D eigenvalue weighted by Crippen LogP contribution is 2.44. The van der Waals surface area contributed by atoms with Crippen LogP contribution in [0.2, 0.25) is 0 Å². The molecule has 2 nitrogen and oxygen atoms in total. The first-order valence-corrected chi connectivity index (χ1v) is 8.87. The van der Waals surface area contributed by atoms with Crippen LogP contribution in [0.25, 0.3) is 11.1 Å². The van der Waals surface area contributed by atoms with E-state index in [2.05, 4.69) is 36.4 Å². The smallest absolute Gasteiger partial charge is 0.115 e. The van der Waals surface area contributed by atoms with Crippen LogP contribution in [-0.4, -0.2) is 10.2 Å². The number of phenols is 2. The monoisotopic (exact) mass is 330 g/mol. The summed E-state index contributed by atoms with van der Waals surface area (Å²) in [6.45, 7) is 0. The van der Waals surface area contributed by atoms with Gasteiger partial charge in [0.1, 0.15) is 11.5 Å². The minimum atomic E-state index is 0.298. The number of benzene rings is 3. The second-order valence-electron chi connectivity index (χ2n) is 6.97. The second-order valence-corrected chi connectivity index (χ2v) is 6.97. The Morgan fingerprint density at radius 3 is 1.36 bits per heavy atom. The summed E-state index contributed by atoms with van der Waals surface area (Å²) >= 11 is 0. The molecule has 0 amide bonds. The summed E-state index contributed by atoms with van der Waals surface area (Å²) in [5, 5.41) is 18.9. The van der Waals surface area contributed by atoms with Gasteiger partial charge in [-0.05, 0) is 77.6 Å². The molecule has 2 unspecified atom stereocenters. The molecule has 4 rings (SSSR count). The van der Waals surface area contributed by atoms with Crippen molar-refractivity contribution in [2.45, 2.75) is 31.1 Å². The number of phenolic OH excluding ortho intramolecular Hbond substituents is 2. The van der Waals surface area contributed by atoms with Gasteiger partial charge in [-0.1, -0.05) is 48.5 Å². The normalized spacial score (nSPS) is 19.8. The molecule has 2 atom stereocenters. The van der Waals surface area contributed by atoms with Crippen molar-refractivity contribution in [2.24, 2.45) is 0 Å². The van der Waals surface area contributed by atoms with Crippen LogP contribution in [0.4, 0.5) is 0 Å². The van der Waals surface area contributed by atoms with Gasteiger partial charge in [0, 0.05) is 0 Å². The lowest BCUT2D eigenvalue weighted by Gasteiger charge is -2.13. The largest absolute Gasteiger partial charge is 0.508 e. The van der Waals surface area contributed by atoms with Crippen LogP contribution in [0, 0.1) is 0 Å². The average molecular weight is 330 g/mol. The molecule has 2 N–H and O–H groups in total. The van der Waals surface area contributed by atoms with E-state index in [4.69, 9.17) is 0 Å². The van der Waals surface area contributed by atoms with Gasteiger partial charge in [0.05, 0.1) is 0 Å². The molecule has 2 heteroatoms. The van der Waals surface area contributed by atoms with E-state index < -0.39 is 0 Å². The lowest BCUT2D eigenvalue weighted by Crippen LogP contribution is -1.95. The minimum Gasteiger partial charge on any atom is -0.508 e. The maximum Gasteiger partial charge on any atom is 0.115 e. The first-order chi connectivity index (χ1) is 12.2. The fourth-order valence-corrected chi connectivity index (χ4v) is 3.94. The molecule has 126 valence electrons. The lowest BCUT2D eigenvalue weighted by atomic mass is 9.92. The van der Waals surface area contributed by atoms with Crippen LogP contribution < -0.4 is 0 Å². The molecule has 1 fully saturated rings. The van der Waals surface area contributed by atoms with Crippen molar-refractivity contribution < 1.29 is 10.2 Å². The van der Waals surface area contributed by atoms with Crippen LogP contribution >= 0.6 is 0 Å². The average Bonchev–Trinajstić information content (AvgIpc) is 3.13. The van der Waals surface area contributed by atoms with E-state index >= 15 is 0 Å². The van der Waals surface area contributed by atoms with Crippen LogP contribution in [0.1, 0.15) is 42.2 Å². The molecule has 0 saturated heterocycles. The zero-order valence-corrected chi connectivity index (χ0v) is 14.1. The van der Waals surface area contributed by atoms with E-state index in [0.29, 0.717) is 23.3 Å². The highest BCUT2D eigenvalue weighted by atomic mass is 16.3. The molecule has 0 spiro atoms. The van der Waals surface area contributed by atoms with Crippen molar-refractivity contribution in [1.29, 1.82) is 0 Å². The Bertz CT molecular complexity index is 833. The molecule has 1 aliphatic rings. The third kappa shape index (κ3) is 3.39. The van der Waals surface area contributed by atoms with Gasteiger partial charge in [-0.3, -0.25) is 0 Å². The van der Waals surface area contributed by atoms with Gasteiger partial charge in [-0.2, -0.15) is 0 Å². The summed E-state index contributed by atoms with van der Waals surface area (Å²) in [5.74, 6) is 1.82. The van der Waals surface area contributed by atoms with E-state index in [9.17, 15) is 10.2 Å². The Morgan fingerprint density at radius 1 is 0.520 bits per heavy atom. The van der Waals surface area contributed by atoms with Gasteiger partial charge >= 0.3 is 0 Å². The first-order valence-electron chi connectivity index (χ1n) is 8.87. The van der Waals surface area contributed by atoms with Crippen LogP contribution in [0.3, 0.4) is 0 Å². The van der Waals surface area contributed by atoms with E-state index in [0.717, 1.165) is 5.56 Å². The summed E-state index contributed by atoms with van der Waals surface area (Å²) in [4.78, 5) is 0. The van der Waals surface area contributed by atoms with Gasteiger partial charge < -0.3 is 10.2 Å². The Morgan fingerprint density at radius 2 is 0.880 bits per heavy atom. The molecule has 1 aliphatic carbocycles. The maximum atomic E-state index is 9.45. The Balaban J connectivity index is 1.47. The van der Waals surface area contributed by atoms with Gasteiger partial charge in [0.15, 0.2) is 0 Å². The molecule has 3 aromatic carbocycles. The highest BCUT2D eigenvalue weighted by molar-refractivity contribution is 5.64. The van der Waals surface area contributed by atoms with Crippen molar-refractivity contribution in [1.82, 2.24) is 0 Å². The Kier molecular flexibility index (Phi) is 4.19. The Hall–Kier alpha value is -2.74. The predicted octanol–water partition coefficient (Wildman–Crippen LogP) is 5.82. The highest BCUT2D eigenvalue weighted by Gasteiger charge is 2.26. The fourth-order valence-electron chi connectivity index (χ4n) is 3.94. The SMILES string of the molecule is Oc1ccc(-c2ccc(C3CCC(c4ccc(O)cc4)C3)cc2)cc1. The summed E-state index contributed by atoms with van der Waals surface area (Å²) in [6, 6.07) is 23.9. The van der Waals surface area contributed by atoms with Gasteiger partial charge in [0.25, 0.3) is 0 Å². The number of hydrogen-bond acceptors (Lipinski definition) is 2. The van der Waals surface area contributed by atoms with E-state index in [1.54, 1.807) is 24.3 Å². The molecule has 0 aromatic heterocycles. The summed E-state index contributed by atoms with van der Waals surface area (Å²) in [5.41, 5.74) is 5.04. The molecule has 0 heterocycles. The number of rotatable bonds is 3. The standard InChI is InChI=1S/C23H22O2/c24-22-11-7-17(8-12-22)16-1-3-18(4-2-16)20-5-6-21(15-20)19-9-13-23(25)14-10-19/h1-4,7-14,20-21,24-25H,5-6,15H2. The van der Waals surface area contributed by atoms with Crippen LogP contribution in [0.5, 0.6) is 11.5 Å². The van der Waals surface area contributed by atoms with Crippen molar-refractivity contribution in [3.8, 4) is 22.6 Å². The van der Waals surface area contributed by atoms with Gasteiger partial charge in [-0.15, -0.1) is 0 Å². The zero-order chi connectivity index (χ0) is 17.2. The summed E-state index contributed by atoms with van der Waals surface area (Å²) in [7, 11) is 0. The quantitative estimate of drug-likeness (QED) is 0.635. The van der Waals surface area contributed by atoms with Crippen molar-refractivity contribution in [3.05, 3.63) is 83.9 Å². The number of aromatic hydroxyl groups is 2. The fraction of sp³-hybridized carbons (Fsp3) is 0.217. The predicted molar refractivity (Wildman–Crippen MR) is 101 cm³/mol. The lowest BCUT2D eigenvalue weighted by molar-refractivity contribution is 0.474. The first kappa shape index (κ1) is 15.8. The van der Waals surface area contributed by atoms with Crippen molar-refractivity contribution in [3.63, 3.8) is 0 Å². The van der Waals surface area contributed by atoms with Gasteiger partial charge in [-0.25, -0.2) is 0 Å². The third-order valence-electron chi connectivity index (χ3n) is 5.38. The molecule has 25 heavy (non-hydrogen) atoms. The summed E-state index contributed by atoms with van der Waals surface area (Å²) in [6.07, 6.45) is 3.59. The molecular formula is C23H22O2. The van der Waals surface area contributed by atoms with E-state index in [-0.39, 0.29) is 0 Å². The molecular weight excluding hydrogens is 308 g/mol. The number of hydrogen-bond donors (Lipinski definition) is 2. The van der Waals surface area contributed by atoms with Gasteiger partial charge in [0.2, 0.25) is 0 Å². The van der Waals surface area contributed by atoms with Crippen LogP contribution in [0.15, 0.2) is 72.8 Å². The Labute approximate surface area is 148 Å². The second kappa shape index (κ2) is 6.64. The zero-order valence-electron chi connectivity index (χ0n) is 14.1. The molecule has 1 saturated carbocycles. The maximum absolute atomic E-state index is 9.45. The molecule has 0 bridgehead atoms. The third-order valence-corrected chi connectivity index (χ3v) is 5.38. The van der Waals surface area contributed by atoms with Crippen LogP contribution in [-0.2, 0) is 0 Å². The van der Waals surface area contributed by atoms with Crippen molar-refractivity contribution >= 4 is 0 Å².